The zero-order chi connectivity index (χ0) is 58.9. The fourth-order valence-electron chi connectivity index (χ4n) is 9.03. The molecule has 9 rings (SSSR count). The van der Waals surface area contributed by atoms with E-state index in [2.05, 4.69) is 48.7 Å². The number of nitrogens with one attached hydrogen (secondary N) is 5. The van der Waals surface area contributed by atoms with E-state index in [0.29, 0.717) is 88.9 Å². The highest BCUT2D eigenvalue weighted by molar-refractivity contribution is 7.15. The second kappa shape index (κ2) is 27.2. The van der Waals surface area contributed by atoms with Crippen LogP contribution in [0.5, 0.6) is 0 Å². The third-order valence-corrected chi connectivity index (χ3v) is 19.1. The Hall–Kier alpha value is -7.60. The van der Waals surface area contributed by atoms with E-state index in [1.807, 2.05) is 48.9 Å². The van der Waals surface area contributed by atoms with E-state index in [1.54, 1.807) is 35.1 Å². The number of nitrogens with two attached hydrogens (primary N) is 1. The number of aromatic nitrogens is 7. The quantitative estimate of drug-likeness (QED) is 0.0298. The normalized spacial score (nSPS) is 14.9. The second-order valence-corrected chi connectivity index (χ2v) is 25.5. The number of carboxylic acids is 1. The average molecular weight is 1240 g/mol. The third kappa shape index (κ3) is 14.8. The molecular weight excluding hydrogens is 1180 g/mol. The SMILES string of the molecule is CNC(=O)C[C@H](NC(=O)c1csc(-c2ccc(-c3nc(NC(=O)[C@H]4CC[C@H](C(=O)O)CC4)cs3)nc2-c2csc(-c3csc(CCc4ccccc4)n3)n2)n1)c1nc(C(=O)NC(c2nc(C(=O)NCC(N)=O)c(COC)s2)C(C)C)c(C)s1. The van der Waals surface area contributed by atoms with Gasteiger partial charge in [-0.25, -0.2) is 34.9 Å². The number of pyridine rings is 1. The van der Waals surface area contributed by atoms with Gasteiger partial charge in [-0.3, -0.25) is 33.6 Å². The number of carbonyl (C=O) groups is 7. The molecule has 6 amide bonds. The minimum absolute atomic E-state index is 0.0433. The molecule has 1 fully saturated rings. The number of aryl methyl sites for hydroxylation is 3. The number of primary amides is 1. The first kappa shape index (κ1) is 60.0. The van der Waals surface area contributed by atoms with Crippen molar-refractivity contribution in [1.82, 2.24) is 56.2 Å². The summed E-state index contributed by atoms with van der Waals surface area (Å²) in [5.74, 6) is -4.56. The van der Waals surface area contributed by atoms with E-state index in [1.165, 1.54) is 65.1 Å². The molecule has 1 aliphatic rings. The number of aliphatic carboxylic acids is 1. The number of nitrogens with zero attached hydrogens (tertiary/aromatic N) is 7. The van der Waals surface area contributed by atoms with Gasteiger partial charge in [0.15, 0.2) is 0 Å². The van der Waals surface area contributed by atoms with Gasteiger partial charge in [0.25, 0.3) is 17.7 Å². The summed E-state index contributed by atoms with van der Waals surface area (Å²) >= 11 is 7.82. The van der Waals surface area contributed by atoms with Gasteiger partial charge in [0.1, 0.15) is 65.0 Å². The van der Waals surface area contributed by atoms with Gasteiger partial charge >= 0.3 is 5.97 Å². The summed E-state index contributed by atoms with van der Waals surface area (Å²) < 4.78 is 5.31. The molecule has 22 nitrogen and oxygen atoms in total. The van der Waals surface area contributed by atoms with Crippen molar-refractivity contribution in [2.75, 3.05) is 26.0 Å². The maximum absolute atomic E-state index is 14.3. The molecule has 0 spiro atoms. The lowest BCUT2D eigenvalue weighted by Crippen LogP contribution is -2.34. The molecule has 83 heavy (non-hydrogen) atoms. The van der Waals surface area contributed by atoms with Gasteiger partial charge in [0.05, 0.1) is 53.2 Å². The van der Waals surface area contributed by atoms with E-state index in [4.69, 9.17) is 35.4 Å². The summed E-state index contributed by atoms with van der Waals surface area (Å²) in [7, 11) is 2.94. The number of rotatable bonds is 24. The molecule has 7 heterocycles. The van der Waals surface area contributed by atoms with Crippen LogP contribution < -0.4 is 32.3 Å². The fraction of sp³-hybridized carbons (Fsp3) is 0.345. The number of carbonyl (C=O) groups excluding carboxylic acids is 6. The van der Waals surface area contributed by atoms with E-state index in [-0.39, 0.29) is 54.4 Å². The molecule has 7 aromatic heterocycles. The predicted octanol–water partition coefficient (Wildman–Crippen LogP) is 8.51. The van der Waals surface area contributed by atoms with Crippen LogP contribution >= 0.6 is 68.0 Å². The number of anilines is 1. The largest absolute Gasteiger partial charge is 0.481 e. The first-order valence-electron chi connectivity index (χ1n) is 26.2. The lowest BCUT2D eigenvalue weighted by molar-refractivity contribution is -0.143. The first-order chi connectivity index (χ1) is 39.9. The van der Waals surface area contributed by atoms with Crippen molar-refractivity contribution in [3.8, 4) is 43.4 Å². The van der Waals surface area contributed by atoms with Gasteiger partial charge in [0, 0.05) is 58.5 Å². The number of carboxylic acid groups (broad SMARTS) is 1. The molecule has 0 saturated heterocycles. The van der Waals surface area contributed by atoms with Gasteiger partial charge in [-0.1, -0.05) is 44.2 Å². The summed E-state index contributed by atoms with van der Waals surface area (Å²) in [6.45, 7) is 5.13. The molecular formula is C55H57N13O9S6. The molecule has 1 aromatic carbocycles. The van der Waals surface area contributed by atoms with Crippen LogP contribution in [-0.2, 0) is 43.4 Å². The Kier molecular flexibility index (Phi) is 19.7. The van der Waals surface area contributed by atoms with Gasteiger partial charge in [-0.05, 0) is 62.6 Å². The topological polar surface area (TPSA) is 325 Å². The highest BCUT2D eigenvalue weighted by Crippen LogP contribution is 2.39. The van der Waals surface area contributed by atoms with Crippen molar-refractivity contribution in [3.63, 3.8) is 0 Å². The molecule has 28 heteroatoms. The van der Waals surface area contributed by atoms with Crippen LogP contribution in [-0.4, -0.2) is 102 Å². The number of thiazole rings is 6. The van der Waals surface area contributed by atoms with Crippen molar-refractivity contribution in [3.05, 3.63) is 111 Å². The van der Waals surface area contributed by atoms with Crippen LogP contribution in [0.1, 0.15) is 120 Å². The zero-order valence-electron chi connectivity index (χ0n) is 45.5. The van der Waals surface area contributed by atoms with E-state index in [0.717, 1.165) is 34.9 Å². The van der Waals surface area contributed by atoms with E-state index >= 15 is 0 Å². The smallest absolute Gasteiger partial charge is 0.306 e. The van der Waals surface area contributed by atoms with Crippen molar-refractivity contribution in [1.29, 1.82) is 0 Å². The molecule has 0 aliphatic heterocycles. The number of hydrogen-bond acceptors (Lipinski definition) is 21. The molecule has 0 bridgehead atoms. The third-order valence-electron chi connectivity index (χ3n) is 13.4. The Bertz CT molecular complexity index is 3670. The Morgan fingerprint density at radius 1 is 0.711 bits per heavy atom. The van der Waals surface area contributed by atoms with Crippen LogP contribution in [0.2, 0.25) is 0 Å². The van der Waals surface area contributed by atoms with Gasteiger partial charge in [0.2, 0.25) is 17.7 Å². The second-order valence-electron chi connectivity index (χ2n) is 19.7. The standard InChI is InChI=1S/C55H57N13O9S6/c1-26(2)42(54-68-45(37(83-54)21-77-5)48(73)58-20-38(56)69)66-49(74)43-27(3)82-53(67-43)33(19-40(70)57-4)61-47(72)35-23-79-50(63-35)31-16-17-32(51-65-39(25-81-51)64-46(71)29-12-14-30(15-13-29)55(75)76)60-44(31)34-22-80-52(62-34)36-24-78-41(59-36)18-11-28-9-7-6-8-10-28/h6-10,16-17,22-26,29-30,33,42H,11-15,18-21H2,1-5H3,(H2,56,69)(H,57,70)(H,58,73)(H,61,72)(H,64,71)(H,66,74)(H,75,76)/t29-,30-,33-,42?/m0/s1. The Morgan fingerprint density at radius 3 is 2.14 bits per heavy atom. The van der Waals surface area contributed by atoms with Gasteiger partial charge < -0.3 is 42.2 Å². The van der Waals surface area contributed by atoms with Gasteiger partial charge in [-0.2, -0.15) is 0 Å². The van der Waals surface area contributed by atoms with Crippen molar-refractivity contribution in [2.24, 2.45) is 23.5 Å². The van der Waals surface area contributed by atoms with Crippen LogP contribution in [0.25, 0.3) is 43.4 Å². The van der Waals surface area contributed by atoms with Crippen molar-refractivity contribution in [2.45, 2.75) is 84.4 Å². The Balaban J connectivity index is 0.959. The van der Waals surface area contributed by atoms with Crippen molar-refractivity contribution < 1.29 is 43.4 Å². The zero-order valence-corrected chi connectivity index (χ0v) is 50.4. The van der Waals surface area contributed by atoms with Crippen LogP contribution in [0, 0.1) is 24.7 Å². The molecule has 2 atom stereocenters. The van der Waals surface area contributed by atoms with Crippen molar-refractivity contribution >= 4 is 115 Å². The molecule has 1 unspecified atom stereocenters. The average Bonchev–Trinajstić information content (AvgIpc) is 4.24. The number of ether oxygens (including phenoxy) is 1. The highest BCUT2D eigenvalue weighted by Gasteiger charge is 2.33. The summed E-state index contributed by atoms with van der Waals surface area (Å²) in [6.07, 6.45) is 3.24. The van der Waals surface area contributed by atoms with Crippen LogP contribution in [0.3, 0.4) is 0 Å². The first-order valence-corrected chi connectivity index (χ1v) is 31.4. The summed E-state index contributed by atoms with van der Waals surface area (Å²) in [4.78, 5) is 125. The number of benzene rings is 1. The molecule has 1 aliphatic carbocycles. The maximum Gasteiger partial charge on any atom is 0.306 e. The number of amides is 6. The molecule has 0 radical (unpaired) electrons. The fourth-order valence-corrected chi connectivity index (χ4v) is 14.4. The predicted molar refractivity (Wildman–Crippen MR) is 319 cm³/mol. The van der Waals surface area contributed by atoms with E-state index in [9.17, 15) is 38.7 Å². The number of methoxy groups -OCH3 is 1. The van der Waals surface area contributed by atoms with E-state index < -0.39 is 53.5 Å². The molecule has 432 valence electrons. The number of hydrogen-bond donors (Lipinski definition) is 7. The molecule has 8 aromatic rings. The van der Waals surface area contributed by atoms with Crippen LogP contribution in [0.4, 0.5) is 5.82 Å². The minimum Gasteiger partial charge on any atom is -0.481 e. The maximum atomic E-state index is 14.3. The van der Waals surface area contributed by atoms with Gasteiger partial charge in [-0.15, -0.1) is 68.0 Å². The monoisotopic (exact) mass is 1240 g/mol. The Labute approximate surface area is 500 Å². The molecule has 1 saturated carbocycles. The Morgan fingerprint density at radius 2 is 1.42 bits per heavy atom. The summed E-state index contributed by atoms with van der Waals surface area (Å²) in [5, 5.41) is 33.9. The summed E-state index contributed by atoms with van der Waals surface area (Å²) in [6, 6.07) is 12.2. The van der Waals surface area contributed by atoms with Crippen LogP contribution in [0.15, 0.2) is 64.0 Å². The lowest BCUT2D eigenvalue weighted by Gasteiger charge is -2.24. The summed E-state index contributed by atoms with van der Waals surface area (Å²) in [5.41, 5.74) is 9.41. The molecule has 8 N–H and O–H groups in total. The lowest BCUT2D eigenvalue weighted by atomic mass is 9.81. The highest BCUT2D eigenvalue weighted by atomic mass is 32.1. The minimum atomic E-state index is -0.981.